The first-order valence-electron chi connectivity index (χ1n) is 27.5. The molecule has 374 valence electrons. The highest BCUT2D eigenvalue weighted by Crippen LogP contribution is 2.58. The summed E-state index contributed by atoms with van der Waals surface area (Å²) in [5, 5.41) is 33.8. The number of nitriles is 2. The molecule has 0 fully saturated rings. The first-order chi connectivity index (χ1) is 40.2. The largest absolute Gasteiger partial charge is 0.306 e. The zero-order valence-electron chi connectivity index (χ0n) is 43.6. The Kier molecular flexibility index (Phi) is 9.37. The quantitative estimate of drug-likeness (QED) is 0.167. The lowest BCUT2D eigenvalue weighted by Crippen LogP contribution is -2.28. The van der Waals surface area contributed by atoms with Gasteiger partial charge in [0.2, 0.25) is 0 Å². The van der Waals surface area contributed by atoms with Crippen LogP contribution in [0.2, 0.25) is 0 Å². The van der Waals surface area contributed by atoms with Crippen molar-refractivity contribution in [2.45, 2.75) is 5.41 Å². The van der Waals surface area contributed by atoms with Gasteiger partial charge in [0.25, 0.3) is 0 Å². The van der Waals surface area contributed by atoms with Gasteiger partial charge in [-0.05, 0) is 88.0 Å². The topological polar surface area (TPSA) is 67.3 Å². The SMILES string of the molecule is N#Cc1c(-n2c3ccccc3c3cc4c(cc32)-c2ccccc2C4(c2ccccc2)c2ccccc2)c(C#N)c(-n2c3ccccc3c3ccccc32)c(-n2c3ccccc3c3ccccc32)c1-n1c2ccccc2c2ccccc21. The lowest BCUT2D eigenvalue weighted by molar-refractivity contribution is 0.769. The Balaban J connectivity index is 1.14. The summed E-state index contributed by atoms with van der Waals surface area (Å²) in [7, 11) is 0. The number of aromatic nitrogens is 4. The number of rotatable bonds is 6. The van der Waals surface area contributed by atoms with Crippen LogP contribution in [0.4, 0.5) is 0 Å². The van der Waals surface area contributed by atoms with Crippen LogP contribution in [0.25, 0.3) is 121 Å². The molecule has 0 spiro atoms. The molecule has 6 heteroatoms. The lowest BCUT2D eigenvalue weighted by atomic mass is 9.67. The molecule has 0 saturated heterocycles. The molecular formula is C75H44N6. The van der Waals surface area contributed by atoms with Crippen LogP contribution in [-0.2, 0) is 5.41 Å². The van der Waals surface area contributed by atoms with Crippen LogP contribution >= 0.6 is 0 Å². The number of hydrogen-bond acceptors (Lipinski definition) is 2. The third kappa shape index (κ3) is 5.87. The number of nitrogens with zero attached hydrogens (tertiary/aromatic N) is 6. The minimum absolute atomic E-state index is 0.367. The maximum absolute atomic E-state index is 12.7. The summed E-state index contributed by atoms with van der Waals surface area (Å²) >= 11 is 0. The second-order valence-corrected chi connectivity index (χ2v) is 21.3. The molecule has 4 heterocycles. The highest BCUT2D eigenvalue weighted by atomic mass is 15.1. The van der Waals surface area contributed by atoms with Gasteiger partial charge in [-0.2, -0.15) is 10.5 Å². The molecule has 6 nitrogen and oxygen atoms in total. The van der Waals surface area contributed by atoms with Crippen molar-refractivity contribution in [3.63, 3.8) is 0 Å². The number of benzene rings is 12. The molecule has 0 aliphatic heterocycles. The van der Waals surface area contributed by atoms with Crippen molar-refractivity contribution in [1.82, 2.24) is 18.3 Å². The molecule has 0 unspecified atom stereocenters. The van der Waals surface area contributed by atoms with Crippen molar-refractivity contribution in [2.24, 2.45) is 0 Å². The highest BCUT2D eigenvalue weighted by molar-refractivity contribution is 6.17. The molecule has 0 N–H and O–H groups in total. The Labute approximate surface area is 465 Å². The molecule has 0 amide bonds. The van der Waals surface area contributed by atoms with E-state index in [4.69, 9.17) is 0 Å². The molecule has 17 rings (SSSR count). The number of hydrogen-bond donors (Lipinski definition) is 0. The first kappa shape index (κ1) is 44.9. The Morgan fingerprint density at radius 2 is 0.556 bits per heavy atom. The number of fused-ring (bicyclic) bond motifs is 15. The summed E-state index contributed by atoms with van der Waals surface area (Å²) in [6, 6.07) is 101. The molecule has 1 aliphatic rings. The molecular weight excluding hydrogens is 985 g/mol. The van der Waals surface area contributed by atoms with Gasteiger partial charge in [-0.25, -0.2) is 0 Å². The Bertz CT molecular complexity index is 5090. The van der Waals surface area contributed by atoms with Crippen LogP contribution < -0.4 is 0 Å². The Morgan fingerprint density at radius 1 is 0.247 bits per heavy atom. The summed E-state index contributed by atoms with van der Waals surface area (Å²) in [6.45, 7) is 0. The van der Waals surface area contributed by atoms with Gasteiger partial charge in [-0.1, -0.05) is 212 Å². The van der Waals surface area contributed by atoms with Crippen molar-refractivity contribution in [2.75, 3.05) is 0 Å². The van der Waals surface area contributed by atoms with E-state index in [0.29, 0.717) is 33.9 Å². The van der Waals surface area contributed by atoms with Gasteiger partial charge in [0.05, 0.1) is 72.3 Å². The predicted molar refractivity (Wildman–Crippen MR) is 331 cm³/mol. The van der Waals surface area contributed by atoms with Crippen LogP contribution in [-0.4, -0.2) is 18.3 Å². The van der Waals surface area contributed by atoms with Gasteiger partial charge >= 0.3 is 0 Å². The van der Waals surface area contributed by atoms with E-state index in [1.54, 1.807) is 0 Å². The molecule has 1 aliphatic carbocycles. The van der Waals surface area contributed by atoms with E-state index < -0.39 is 5.41 Å². The summed E-state index contributed by atoms with van der Waals surface area (Å²) in [5.41, 5.74) is 17.0. The smallest absolute Gasteiger partial charge is 0.104 e. The second kappa shape index (κ2) is 16.9. The standard InChI is InChI=1S/C75H44N6/c76-45-59-71(81-69-42-22-14-34-56(69)58-43-62-57(44-70(58)81)49-27-7-15-35-61(49)75(62,47-23-3-1-4-24-47)48-25-5-2-6-26-48)60(46-77)73(79-65-38-18-10-30-52(65)53-31-11-19-39-66(53)79)74(80-67-40-20-12-32-54(67)55-33-13-21-41-68(55)80)72(59)78-63-36-16-8-28-50(63)51-29-9-17-37-64(51)78/h1-44H. The fourth-order valence-corrected chi connectivity index (χ4v) is 14.4. The van der Waals surface area contributed by atoms with E-state index in [9.17, 15) is 10.5 Å². The van der Waals surface area contributed by atoms with Crippen LogP contribution in [0.15, 0.2) is 267 Å². The van der Waals surface area contributed by atoms with Gasteiger partial charge in [-0.15, -0.1) is 0 Å². The molecule has 0 radical (unpaired) electrons. The van der Waals surface area contributed by atoms with E-state index in [0.717, 1.165) is 98.4 Å². The zero-order valence-corrected chi connectivity index (χ0v) is 43.6. The summed E-state index contributed by atoms with van der Waals surface area (Å²) in [5.74, 6) is 0. The monoisotopic (exact) mass is 1030 g/mol. The summed E-state index contributed by atoms with van der Waals surface area (Å²) < 4.78 is 9.19. The fraction of sp³-hybridized carbons (Fsp3) is 0.0133. The number of para-hydroxylation sites is 7. The maximum Gasteiger partial charge on any atom is 0.104 e. The Morgan fingerprint density at radius 3 is 0.938 bits per heavy atom. The molecule has 16 aromatic rings. The van der Waals surface area contributed by atoms with E-state index >= 15 is 0 Å². The minimum atomic E-state index is -0.654. The van der Waals surface area contributed by atoms with E-state index in [-0.39, 0.29) is 0 Å². The van der Waals surface area contributed by atoms with Gasteiger partial charge in [0, 0.05) is 43.1 Å². The van der Waals surface area contributed by atoms with E-state index in [1.165, 1.54) is 22.3 Å². The van der Waals surface area contributed by atoms with E-state index in [2.05, 4.69) is 297 Å². The second-order valence-electron chi connectivity index (χ2n) is 21.3. The lowest BCUT2D eigenvalue weighted by Gasteiger charge is -2.34. The van der Waals surface area contributed by atoms with E-state index in [1.807, 2.05) is 0 Å². The third-order valence-electron chi connectivity index (χ3n) is 17.5. The van der Waals surface area contributed by atoms with Crippen LogP contribution in [0.1, 0.15) is 33.4 Å². The maximum atomic E-state index is 12.7. The van der Waals surface area contributed by atoms with Gasteiger partial charge < -0.3 is 18.3 Å². The third-order valence-corrected chi connectivity index (χ3v) is 17.5. The van der Waals surface area contributed by atoms with Gasteiger partial charge in [-0.3, -0.25) is 0 Å². The average Bonchev–Trinajstić information content (AvgIpc) is 2.82. The van der Waals surface area contributed by atoms with Crippen molar-refractivity contribution >= 4 is 87.2 Å². The van der Waals surface area contributed by atoms with Crippen molar-refractivity contribution in [3.8, 4) is 46.0 Å². The zero-order chi connectivity index (χ0) is 53.5. The van der Waals surface area contributed by atoms with Gasteiger partial charge in [0.1, 0.15) is 23.3 Å². The average molecular weight is 1030 g/mol. The molecule has 4 aromatic heterocycles. The molecule has 0 bridgehead atoms. The molecule has 0 atom stereocenters. The Hall–Kier alpha value is -11.2. The van der Waals surface area contributed by atoms with Crippen molar-refractivity contribution in [1.29, 1.82) is 10.5 Å². The first-order valence-corrected chi connectivity index (χ1v) is 27.5. The van der Waals surface area contributed by atoms with Crippen LogP contribution in [0.5, 0.6) is 0 Å². The fourth-order valence-electron chi connectivity index (χ4n) is 14.4. The minimum Gasteiger partial charge on any atom is -0.306 e. The molecule has 12 aromatic carbocycles. The summed E-state index contributed by atoms with van der Waals surface area (Å²) in [6.07, 6.45) is 0. The van der Waals surface area contributed by atoms with Crippen LogP contribution in [0, 0.1) is 22.7 Å². The van der Waals surface area contributed by atoms with Gasteiger partial charge in [0.15, 0.2) is 0 Å². The van der Waals surface area contributed by atoms with Crippen molar-refractivity contribution < 1.29 is 0 Å². The van der Waals surface area contributed by atoms with Crippen LogP contribution in [0.3, 0.4) is 0 Å². The molecule has 0 saturated carbocycles. The predicted octanol–water partition coefficient (Wildman–Crippen LogP) is 18.2. The summed E-state index contributed by atoms with van der Waals surface area (Å²) in [4.78, 5) is 0. The normalized spacial score (nSPS) is 12.8. The molecule has 81 heavy (non-hydrogen) atoms. The highest BCUT2D eigenvalue weighted by Gasteiger charge is 2.47. The van der Waals surface area contributed by atoms with Crippen molar-refractivity contribution in [3.05, 3.63) is 300 Å².